The lowest BCUT2D eigenvalue weighted by atomic mass is 9.76. The fourth-order valence-electron chi connectivity index (χ4n) is 2.79. The highest BCUT2D eigenvalue weighted by Crippen LogP contribution is 2.44. The summed E-state index contributed by atoms with van der Waals surface area (Å²) in [6.07, 6.45) is 5.78. The van der Waals surface area contributed by atoms with Crippen molar-refractivity contribution in [3.8, 4) is 0 Å². The monoisotopic (exact) mass is 206 g/mol. The van der Waals surface area contributed by atoms with Crippen molar-refractivity contribution in [2.24, 2.45) is 11.8 Å². The van der Waals surface area contributed by atoms with Gasteiger partial charge in [-0.3, -0.25) is 0 Å². The lowest BCUT2D eigenvalue weighted by molar-refractivity contribution is 0.0993. The molecule has 3 atom stereocenters. The summed E-state index contributed by atoms with van der Waals surface area (Å²) in [5.41, 5.74) is 2.49. The molecule has 0 heterocycles. The minimum Gasteiger partial charge on any atom is -0.497 e. The molecule has 0 saturated carbocycles. The Hall–Kier alpha value is -1.02. The summed E-state index contributed by atoms with van der Waals surface area (Å²) in [5, 5.41) is 9.97. The molecule has 0 aromatic carbocycles. The predicted molar refractivity (Wildman–Crippen MR) is 60.2 cm³/mol. The summed E-state index contributed by atoms with van der Waals surface area (Å²) in [5.74, 6) is 1.40. The van der Waals surface area contributed by atoms with E-state index < -0.39 is 0 Å². The van der Waals surface area contributed by atoms with Gasteiger partial charge in [-0.05, 0) is 31.3 Å². The van der Waals surface area contributed by atoms with Crippen LogP contribution in [0, 0.1) is 11.8 Å². The molecule has 0 bridgehead atoms. The first-order chi connectivity index (χ1) is 7.15. The minimum absolute atomic E-state index is 0.234. The zero-order valence-corrected chi connectivity index (χ0v) is 9.36. The maximum absolute atomic E-state index is 9.97. The van der Waals surface area contributed by atoms with E-state index in [1.165, 1.54) is 11.1 Å². The SMILES string of the molecule is C=C(OC)C1=CCC(O)C2C(C)=CCC12. The number of methoxy groups -OCH3 is 1. The minimum atomic E-state index is -0.234. The highest BCUT2D eigenvalue weighted by molar-refractivity contribution is 5.35. The van der Waals surface area contributed by atoms with Crippen LogP contribution in [0.2, 0.25) is 0 Å². The van der Waals surface area contributed by atoms with Gasteiger partial charge in [0.2, 0.25) is 0 Å². The molecule has 1 N–H and O–H groups in total. The Morgan fingerprint density at radius 2 is 2.20 bits per heavy atom. The summed E-state index contributed by atoms with van der Waals surface area (Å²) in [7, 11) is 1.65. The summed E-state index contributed by atoms with van der Waals surface area (Å²) in [6, 6.07) is 0. The van der Waals surface area contributed by atoms with Gasteiger partial charge in [0.05, 0.1) is 13.2 Å². The van der Waals surface area contributed by atoms with Crippen LogP contribution in [-0.2, 0) is 4.74 Å². The van der Waals surface area contributed by atoms with Gasteiger partial charge in [-0.1, -0.05) is 24.3 Å². The van der Waals surface area contributed by atoms with E-state index in [4.69, 9.17) is 4.74 Å². The van der Waals surface area contributed by atoms with Crippen LogP contribution in [0.4, 0.5) is 0 Å². The third kappa shape index (κ3) is 1.63. The van der Waals surface area contributed by atoms with Gasteiger partial charge in [-0.25, -0.2) is 0 Å². The molecule has 2 aliphatic rings. The number of aliphatic hydroxyl groups excluding tert-OH is 1. The molecule has 0 radical (unpaired) electrons. The topological polar surface area (TPSA) is 29.5 Å². The second-order valence-electron chi connectivity index (χ2n) is 4.41. The first-order valence-electron chi connectivity index (χ1n) is 5.43. The molecular formula is C13H18O2. The summed E-state index contributed by atoms with van der Waals surface area (Å²) >= 11 is 0. The molecule has 0 saturated heterocycles. The van der Waals surface area contributed by atoms with Crippen LogP contribution in [0.1, 0.15) is 19.8 Å². The van der Waals surface area contributed by atoms with Crippen LogP contribution in [-0.4, -0.2) is 18.3 Å². The molecule has 0 aromatic rings. The fourth-order valence-corrected chi connectivity index (χ4v) is 2.79. The van der Waals surface area contributed by atoms with Crippen LogP contribution >= 0.6 is 0 Å². The largest absolute Gasteiger partial charge is 0.497 e. The molecule has 3 unspecified atom stereocenters. The van der Waals surface area contributed by atoms with Crippen LogP contribution in [0.5, 0.6) is 0 Å². The Kier molecular flexibility index (Phi) is 2.70. The molecule has 2 heteroatoms. The van der Waals surface area contributed by atoms with Crippen molar-refractivity contribution in [1.82, 2.24) is 0 Å². The van der Waals surface area contributed by atoms with Gasteiger partial charge in [0.1, 0.15) is 5.76 Å². The average Bonchev–Trinajstić information content (AvgIpc) is 2.61. The Bertz CT molecular complexity index is 338. The highest BCUT2D eigenvalue weighted by Gasteiger charge is 2.38. The zero-order chi connectivity index (χ0) is 11.0. The number of hydrogen-bond acceptors (Lipinski definition) is 2. The summed E-state index contributed by atoms with van der Waals surface area (Å²) in [6.45, 7) is 6.02. The molecule has 0 spiro atoms. The number of hydrogen-bond donors (Lipinski definition) is 1. The molecule has 0 aliphatic heterocycles. The van der Waals surface area contributed by atoms with E-state index in [1.54, 1.807) is 7.11 Å². The predicted octanol–water partition coefficient (Wildman–Crippen LogP) is 2.42. The van der Waals surface area contributed by atoms with E-state index in [1.807, 2.05) is 0 Å². The van der Waals surface area contributed by atoms with Gasteiger partial charge in [0.15, 0.2) is 0 Å². The Morgan fingerprint density at radius 1 is 1.47 bits per heavy atom. The normalized spacial score (nSPS) is 34.2. The van der Waals surface area contributed by atoms with Gasteiger partial charge in [0.25, 0.3) is 0 Å². The van der Waals surface area contributed by atoms with E-state index in [2.05, 4.69) is 25.7 Å². The average molecular weight is 206 g/mol. The number of aliphatic hydroxyl groups is 1. The van der Waals surface area contributed by atoms with Gasteiger partial charge in [-0.15, -0.1) is 0 Å². The van der Waals surface area contributed by atoms with Gasteiger partial charge >= 0.3 is 0 Å². The number of fused-ring (bicyclic) bond motifs is 1. The molecule has 0 fully saturated rings. The van der Waals surface area contributed by atoms with Crippen molar-refractivity contribution in [3.63, 3.8) is 0 Å². The molecule has 0 aromatic heterocycles. The number of rotatable bonds is 2. The van der Waals surface area contributed by atoms with E-state index in [9.17, 15) is 5.11 Å². The maximum Gasteiger partial charge on any atom is 0.114 e. The zero-order valence-electron chi connectivity index (χ0n) is 9.36. The molecule has 15 heavy (non-hydrogen) atoms. The van der Waals surface area contributed by atoms with Gasteiger partial charge in [0, 0.05) is 5.92 Å². The Labute approximate surface area is 90.9 Å². The first kappa shape index (κ1) is 10.5. The lowest BCUT2D eigenvalue weighted by Crippen LogP contribution is -2.30. The lowest BCUT2D eigenvalue weighted by Gasteiger charge is -2.32. The second kappa shape index (κ2) is 3.86. The molecule has 2 nitrogen and oxygen atoms in total. The standard InChI is InChI=1S/C13H18O2/c1-8-4-5-11-10(9(2)15-3)6-7-12(14)13(8)11/h4,6,11-14H,2,5,7H2,1,3H3. The second-order valence-corrected chi connectivity index (χ2v) is 4.41. The van der Waals surface area contributed by atoms with Gasteiger partial charge in [-0.2, -0.15) is 0 Å². The summed E-state index contributed by atoms with van der Waals surface area (Å²) < 4.78 is 5.20. The number of ether oxygens (including phenoxy) is 1. The van der Waals surface area contributed by atoms with Crippen molar-refractivity contribution in [2.45, 2.75) is 25.9 Å². The molecule has 0 amide bonds. The van der Waals surface area contributed by atoms with Crippen molar-refractivity contribution in [2.75, 3.05) is 7.11 Å². The molecular weight excluding hydrogens is 188 g/mol. The molecule has 82 valence electrons. The van der Waals surface area contributed by atoms with Crippen molar-refractivity contribution >= 4 is 0 Å². The maximum atomic E-state index is 9.97. The van der Waals surface area contributed by atoms with Gasteiger partial charge < -0.3 is 9.84 Å². The van der Waals surface area contributed by atoms with E-state index in [0.29, 0.717) is 12.3 Å². The van der Waals surface area contributed by atoms with Crippen LogP contribution in [0.25, 0.3) is 0 Å². The summed E-state index contributed by atoms with van der Waals surface area (Å²) in [4.78, 5) is 0. The van der Waals surface area contributed by atoms with Crippen molar-refractivity contribution < 1.29 is 9.84 Å². The van der Waals surface area contributed by atoms with Crippen molar-refractivity contribution in [1.29, 1.82) is 0 Å². The Balaban J connectivity index is 2.27. The Morgan fingerprint density at radius 3 is 2.87 bits per heavy atom. The van der Waals surface area contributed by atoms with Crippen LogP contribution in [0.15, 0.2) is 35.6 Å². The third-order valence-electron chi connectivity index (χ3n) is 3.61. The molecule has 2 aliphatic carbocycles. The van der Waals surface area contributed by atoms with E-state index >= 15 is 0 Å². The number of allylic oxidation sites excluding steroid dienone is 2. The van der Waals surface area contributed by atoms with Crippen molar-refractivity contribution in [3.05, 3.63) is 35.6 Å². The smallest absolute Gasteiger partial charge is 0.114 e. The fraction of sp³-hybridized carbons (Fsp3) is 0.538. The van der Waals surface area contributed by atoms with E-state index in [-0.39, 0.29) is 12.0 Å². The van der Waals surface area contributed by atoms with Crippen LogP contribution in [0.3, 0.4) is 0 Å². The van der Waals surface area contributed by atoms with E-state index in [0.717, 1.165) is 12.2 Å². The third-order valence-corrected chi connectivity index (χ3v) is 3.61. The quantitative estimate of drug-likeness (QED) is 0.555. The van der Waals surface area contributed by atoms with Crippen LogP contribution < -0.4 is 0 Å². The first-order valence-corrected chi connectivity index (χ1v) is 5.43. The highest BCUT2D eigenvalue weighted by atomic mass is 16.5. The molecule has 2 rings (SSSR count).